The van der Waals surface area contributed by atoms with E-state index in [1.165, 1.54) is 0 Å². The Balaban J connectivity index is 1.49. The fourth-order valence-corrected chi connectivity index (χ4v) is 3.90. The number of hydrogen-bond donors (Lipinski definition) is 2. The minimum absolute atomic E-state index is 0.0557. The first kappa shape index (κ1) is 22.1. The zero-order valence-electron chi connectivity index (χ0n) is 18.4. The van der Waals surface area contributed by atoms with Crippen LogP contribution in [0.25, 0.3) is 0 Å². The smallest absolute Gasteiger partial charge is 0.337 e. The molecule has 1 aromatic heterocycles. The van der Waals surface area contributed by atoms with Gasteiger partial charge in [-0.2, -0.15) is 0 Å². The molecule has 0 bridgehead atoms. The fraction of sp³-hybridized carbons (Fsp3) is 0.240. The second kappa shape index (κ2) is 10.0. The lowest BCUT2D eigenvalue weighted by Gasteiger charge is -2.25. The van der Waals surface area contributed by atoms with Crippen molar-refractivity contribution in [3.8, 4) is 5.75 Å². The Kier molecular flexibility index (Phi) is 6.73. The van der Waals surface area contributed by atoms with E-state index in [1.807, 2.05) is 24.3 Å². The van der Waals surface area contributed by atoms with Crippen LogP contribution in [0.2, 0.25) is 0 Å². The molecule has 1 aliphatic heterocycles. The lowest BCUT2D eigenvalue weighted by atomic mass is 10.1. The highest BCUT2D eigenvalue weighted by molar-refractivity contribution is 6.08. The zero-order chi connectivity index (χ0) is 23.2. The summed E-state index contributed by atoms with van der Waals surface area (Å²) < 4.78 is 5.11. The van der Waals surface area contributed by atoms with Gasteiger partial charge in [0, 0.05) is 43.6 Å². The molecule has 2 N–H and O–H groups in total. The lowest BCUT2D eigenvalue weighted by molar-refractivity contribution is 0.0698. The number of nitrogens with zero attached hydrogens (tertiary/aromatic N) is 3. The van der Waals surface area contributed by atoms with Gasteiger partial charge in [0.05, 0.1) is 18.4 Å². The average molecular weight is 447 g/mol. The summed E-state index contributed by atoms with van der Waals surface area (Å²) in [7, 11) is 1.55. The molecule has 1 aliphatic rings. The van der Waals surface area contributed by atoms with E-state index in [-0.39, 0.29) is 17.2 Å². The molecule has 8 nitrogen and oxygen atoms in total. The Morgan fingerprint density at radius 2 is 1.73 bits per heavy atom. The van der Waals surface area contributed by atoms with E-state index < -0.39 is 5.97 Å². The van der Waals surface area contributed by atoms with Crippen LogP contribution in [0.3, 0.4) is 0 Å². The van der Waals surface area contributed by atoms with E-state index in [1.54, 1.807) is 49.7 Å². The van der Waals surface area contributed by atoms with Crippen molar-refractivity contribution in [1.29, 1.82) is 0 Å². The SMILES string of the molecule is COc1ccc(C(=O)Nc2ccc(N3CCCN(c4ccccn4)CC3)cc2C(=O)O)cc1. The standard InChI is InChI=1S/C25H26N4O4/c1-33-20-9-6-18(7-10-20)24(30)27-22-11-8-19(17-21(22)25(31)32)28-13-4-14-29(16-15-28)23-5-2-3-12-26-23/h2-3,5-12,17H,4,13-16H2,1H3,(H,27,30)(H,31,32). The number of hydrogen-bond acceptors (Lipinski definition) is 6. The van der Waals surface area contributed by atoms with Gasteiger partial charge in [-0.1, -0.05) is 6.07 Å². The Hall–Kier alpha value is -4.07. The van der Waals surface area contributed by atoms with Gasteiger partial charge in [-0.25, -0.2) is 9.78 Å². The quantitative estimate of drug-likeness (QED) is 0.595. The summed E-state index contributed by atoms with van der Waals surface area (Å²) in [6, 6.07) is 17.6. The Labute approximate surface area is 192 Å². The highest BCUT2D eigenvalue weighted by Gasteiger charge is 2.20. The molecule has 0 aliphatic carbocycles. The molecule has 3 aromatic rings. The predicted molar refractivity (Wildman–Crippen MR) is 128 cm³/mol. The Morgan fingerprint density at radius 3 is 2.42 bits per heavy atom. The number of rotatable bonds is 6. The number of carboxylic acid groups (broad SMARTS) is 1. The summed E-state index contributed by atoms with van der Waals surface area (Å²) in [5.74, 6) is 0.115. The van der Waals surface area contributed by atoms with Crippen molar-refractivity contribution < 1.29 is 19.4 Å². The monoisotopic (exact) mass is 446 g/mol. The predicted octanol–water partition coefficient (Wildman–Crippen LogP) is 3.76. The van der Waals surface area contributed by atoms with Gasteiger partial charge in [0.2, 0.25) is 0 Å². The minimum atomic E-state index is -1.09. The highest BCUT2D eigenvalue weighted by Crippen LogP contribution is 2.26. The summed E-state index contributed by atoms with van der Waals surface area (Å²) >= 11 is 0. The van der Waals surface area contributed by atoms with E-state index >= 15 is 0 Å². The number of carboxylic acids is 1. The molecule has 0 unspecified atom stereocenters. The number of benzene rings is 2. The summed E-state index contributed by atoms with van der Waals surface area (Å²) in [6.45, 7) is 3.22. The third-order valence-electron chi connectivity index (χ3n) is 5.67. The van der Waals surface area contributed by atoms with Crippen molar-refractivity contribution in [3.05, 3.63) is 78.0 Å². The number of aromatic carboxylic acids is 1. The van der Waals surface area contributed by atoms with Gasteiger partial charge in [0.15, 0.2) is 0 Å². The molecule has 33 heavy (non-hydrogen) atoms. The lowest BCUT2D eigenvalue weighted by Crippen LogP contribution is -2.31. The van der Waals surface area contributed by atoms with E-state index in [0.717, 1.165) is 44.1 Å². The van der Waals surface area contributed by atoms with Crippen molar-refractivity contribution in [3.63, 3.8) is 0 Å². The van der Waals surface area contributed by atoms with Gasteiger partial charge in [0.1, 0.15) is 11.6 Å². The molecule has 1 fully saturated rings. The minimum Gasteiger partial charge on any atom is -0.497 e. The maximum absolute atomic E-state index is 12.6. The third-order valence-corrected chi connectivity index (χ3v) is 5.67. The second-order valence-electron chi connectivity index (χ2n) is 7.73. The number of aromatic nitrogens is 1. The molecular formula is C25H26N4O4. The molecule has 170 valence electrons. The van der Waals surface area contributed by atoms with Crippen LogP contribution in [0.1, 0.15) is 27.1 Å². The van der Waals surface area contributed by atoms with Crippen molar-refractivity contribution in [1.82, 2.24) is 4.98 Å². The number of ether oxygens (including phenoxy) is 1. The van der Waals surface area contributed by atoms with Crippen molar-refractivity contribution >= 4 is 29.1 Å². The number of carbonyl (C=O) groups is 2. The number of methoxy groups -OCH3 is 1. The van der Waals surface area contributed by atoms with Gasteiger partial charge in [-0.05, 0) is 61.0 Å². The van der Waals surface area contributed by atoms with Crippen LogP contribution < -0.4 is 19.9 Å². The van der Waals surface area contributed by atoms with Gasteiger partial charge in [-0.3, -0.25) is 4.79 Å². The maximum Gasteiger partial charge on any atom is 0.337 e. The third kappa shape index (κ3) is 5.23. The van der Waals surface area contributed by atoms with E-state index in [9.17, 15) is 14.7 Å². The van der Waals surface area contributed by atoms with Crippen LogP contribution in [0.15, 0.2) is 66.9 Å². The normalized spacial score (nSPS) is 13.8. The summed E-state index contributed by atoms with van der Waals surface area (Å²) in [5, 5.41) is 12.5. The first-order chi connectivity index (χ1) is 16.0. The molecule has 4 rings (SSSR count). The van der Waals surface area contributed by atoms with Crippen LogP contribution in [-0.4, -0.2) is 55.3 Å². The van der Waals surface area contributed by atoms with Crippen molar-refractivity contribution in [2.75, 3.05) is 48.4 Å². The van der Waals surface area contributed by atoms with Crippen LogP contribution in [-0.2, 0) is 0 Å². The Bertz CT molecular complexity index is 1120. The molecular weight excluding hydrogens is 420 g/mol. The van der Waals surface area contributed by atoms with Gasteiger partial charge >= 0.3 is 5.97 Å². The van der Waals surface area contributed by atoms with Crippen LogP contribution in [0, 0.1) is 0 Å². The number of nitrogens with one attached hydrogen (secondary N) is 1. The van der Waals surface area contributed by atoms with Crippen molar-refractivity contribution in [2.24, 2.45) is 0 Å². The number of pyridine rings is 1. The number of amides is 1. The maximum atomic E-state index is 12.6. The van der Waals surface area contributed by atoms with Crippen LogP contribution in [0.4, 0.5) is 17.2 Å². The van der Waals surface area contributed by atoms with E-state index in [0.29, 0.717) is 11.3 Å². The number of anilines is 3. The number of carbonyl (C=O) groups excluding carboxylic acids is 1. The molecule has 1 saturated heterocycles. The molecule has 0 radical (unpaired) electrons. The summed E-state index contributed by atoms with van der Waals surface area (Å²) in [6.07, 6.45) is 2.71. The van der Waals surface area contributed by atoms with Crippen LogP contribution in [0.5, 0.6) is 5.75 Å². The second-order valence-corrected chi connectivity index (χ2v) is 7.73. The van der Waals surface area contributed by atoms with Gasteiger partial charge in [-0.15, -0.1) is 0 Å². The first-order valence-corrected chi connectivity index (χ1v) is 10.8. The van der Waals surface area contributed by atoms with Gasteiger partial charge < -0.3 is 25.0 Å². The highest BCUT2D eigenvalue weighted by atomic mass is 16.5. The molecule has 0 saturated carbocycles. The summed E-state index contributed by atoms with van der Waals surface area (Å²) in [4.78, 5) is 33.4. The van der Waals surface area contributed by atoms with Crippen molar-refractivity contribution in [2.45, 2.75) is 6.42 Å². The Morgan fingerprint density at radius 1 is 0.970 bits per heavy atom. The zero-order valence-corrected chi connectivity index (χ0v) is 18.4. The molecule has 8 heteroatoms. The van der Waals surface area contributed by atoms with Crippen LogP contribution >= 0.6 is 0 Å². The topological polar surface area (TPSA) is 95.0 Å². The van der Waals surface area contributed by atoms with E-state index in [4.69, 9.17) is 4.74 Å². The molecule has 2 heterocycles. The molecule has 0 atom stereocenters. The molecule has 1 amide bonds. The fourth-order valence-electron chi connectivity index (χ4n) is 3.90. The average Bonchev–Trinajstić information content (AvgIpc) is 3.11. The largest absolute Gasteiger partial charge is 0.497 e. The first-order valence-electron chi connectivity index (χ1n) is 10.8. The van der Waals surface area contributed by atoms with E-state index in [2.05, 4.69) is 20.1 Å². The summed E-state index contributed by atoms with van der Waals surface area (Å²) in [5.41, 5.74) is 1.55. The molecule has 0 spiro atoms. The molecule has 2 aromatic carbocycles. The van der Waals surface area contributed by atoms with Gasteiger partial charge in [0.25, 0.3) is 5.91 Å².